The number of carbonyl (C=O) groups excluding carboxylic acids is 1. The normalized spacial score (nSPS) is 54.3. The van der Waals surface area contributed by atoms with Crippen LogP contribution in [-0.4, -0.2) is 28.2 Å². The molecule has 0 aromatic rings. The monoisotopic (exact) mass is 304 g/mol. The van der Waals surface area contributed by atoms with E-state index in [2.05, 4.69) is 19.9 Å². The zero-order valence-electron chi connectivity index (χ0n) is 13.7. The predicted octanol–water partition coefficient (Wildman–Crippen LogP) is 2.85. The van der Waals surface area contributed by atoms with Gasteiger partial charge < -0.3 is 10.2 Å². The molecular formula is C19H28O3. The van der Waals surface area contributed by atoms with Crippen LogP contribution in [0, 0.1) is 28.6 Å². The Morgan fingerprint density at radius 1 is 1.18 bits per heavy atom. The average molecular weight is 304 g/mol. The Kier molecular flexibility index (Phi) is 3.16. The van der Waals surface area contributed by atoms with Gasteiger partial charge in [-0.3, -0.25) is 4.79 Å². The molecule has 7 atom stereocenters. The van der Waals surface area contributed by atoms with Gasteiger partial charge in [0.25, 0.3) is 0 Å². The summed E-state index contributed by atoms with van der Waals surface area (Å²) in [5.74, 6) is 1.51. The first-order valence-corrected chi connectivity index (χ1v) is 8.95. The second-order valence-corrected chi connectivity index (χ2v) is 8.73. The molecule has 2 N–H and O–H groups in total. The van der Waals surface area contributed by atoms with E-state index in [4.69, 9.17) is 0 Å². The number of hydrogen-bond acceptors (Lipinski definition) is 3. The van der Waals surface area contributed by atoms with E-state index in [-0.39, 0.29) is 29.0 Å². The third-order valence-corrected chi connectivity index (χ3v) is 7.72. The fourth-order valence-electron chi connectivity index (χ4n) is 6.55. The van der Waals surface area contributed by atoms with Crippen molar-refractivity contribution < 1.29 is 15.0 Å². The van der Waals surface area contributed by atoms with Gasteiger partial charge in [-0.1, -0.05) is 25.5 Å². The molecule has 2 unspecified atom stereocenters. The Morgan fingerprint density at radius 3 is 2.73 bits per heavy atom. The van der Waals surface area contributed by atoms with Crippen LogP contribution in [0.3, 0.4) is 0 Å². The van der Waals surface area contributed by atoms with E-state index in [1.54, 1.807) is 0 Å². The number of Topliss-reactive ketones (excluding diaryl/α,β-unsaturated/α-hetero) is 1. The topological polar surface area (TPSA) is 57.5 Å². The lowest BCUT2D eigenvalue weighted by Crippen LogP contribution is -2.56. The fraction of sp³-hybridized carbons (Fsp3) is 0.842. The third-order valence-electron chi connectivity index (χ3n) is 7.72. The molecule has 0 amide bonds. The Hall–Kier alpha value is -0.670. The zero-order chi connectivity index (χ0) is 15.7. The van der Waals surface area contributed by atoms with E-state index in [9.17, 15) is 15.0 Å². The summed E-state index contributed by atoms with van der Waals surface area (Å²) in [6.45, 7) is 4.39. The maximum Gasteiger partial charge on any atom is 0.139 e. The minimum Gasteiger partial charge on any atom is -0.393 e. The van der Waals surface area contributed by atoms with Crippen LogP contribution in [0.2, 0.25) is 0 Å². The van der Waals surface area contributed by atoms with Gasteiger partial charge in [-0.05, 0) is 61.7 Å². The van der Waals surface area contributed by atoms with Crippen LogP contribution in [0.4, 0.5) is 0 Å². The van der Waals surface area contributed by atoms with Crippen LogP contribution >= 0.6 is 0 Å². The Bertz CT molecular complexity index is 539. The molecule has 0 aromatic heterocycles. The number of allylic oxidation sites excluding steroid dienone is 1. The van der Waals surface area contributed by atoms with Gasteiger partial charge in [0.1, 0.15) is 5.78 Å². The lowest BCUT2D eigenvalue weighted by atomic mass is 9.47. The molecule has 3 nitrogen and oxygen atoms in total. The highest BCUT2D eigenvalue weighted by atomic mass is 16.3. The standard InChI is InChI=1S/C19H28O3/c1-18-8-7-12(20)9-11(18)3-4-13-14-5-6-16(22)19(14,2)10-15(21)17(13)18/h3,12-15,17,20-21H,4-10H2,1-2H3/t12?,13-,14-,15?,17+,18-,19-/m0/s1. The third kappa shape index (κ3) is 1.78. The van der Waals surface area contributed by atoms with Gasteiger partial charge in [-0.2, -0.15) is 0 Å². The molecule has 4 aliphatic carbocycles. The van der Waals surface area contributed by atoms with E-state index < -0.39 is 0 Å². The van der Waals surface area contributed by atoms with Crippen molar-refractivity contribution in [3.8, 4) is 0 Å². The molecule has 0 aliphatic heterocycles. The molecule has 3 heteroatoms. The Balaban J connectivity index is 1.74. The van der Waals surface area contributed by atoms with Crippen molar-refractivity contribution in [3.63, 3.8) is 0 Å². The van der Waals surface area contributed by atoms with Crippen molar-refractivity contribution >= 4 is 5.78 Å². The molecule has 0 saturated heterocycles. The molecule has 122 valence electrons. The summed E-state index contributed by atoms with van der Waals surface area (Å²) in [4.78, 5) is 12.4. The molecule has 0 spiro atoms. The van der Waals surface area contributed by atoms with Crippen LogP contribution in [0.25, 0.3) is 0 Å². The molecule has 0 aromatic carbocycles. The first-order chi connectivity index (χ1) is 10.4. The minimum absolute atomic E-state index is 0.0224. The van der Waals surface area contributed by atoms with Crippen molar-refractivity contribution in [2.45, 2.75) is 71.0 Å². The second-order valence-electron chi connectivity index (χ2n) is 8.73. The van der Waals surface area contributed by atoms with E-state index >= 15 is 0 Å². The van der Waals surface area contributed by atoms with Gasteiger partial charge in [0.2, 0.25) is 0 Å². The first kappa shape index (κ1) is 14.9. The fourth-order valence-corrected chi connectivity index (χ4v) is 6.55. The summed E-state index contributed by atoms with van der Waals surface area (Å²) in [7, 11) is 0. The molecule has 4 aliphatic rings. The van der Waals surface area contributed by atoms with Gasteiger partial charge in [-0.15, -0.1) is 0 Å². The smallest absolute Gasteiger partial charge is 0.139 e. The summed E-state index contributed by atoms with van der Waals surface area (Å²) < 4.78 is 0. The number of rotatable bonds is 0. The van der Waals surface area contributed by atoms with Crippen molar-refractivity contribution in [2.75, 3.05) is 0 Å². The first-order valence-electron chi connectivity index (χ1n) is 8.95. The summed E-state index contributed by atoms with van der Waals surface area (Å²) in [6.07, 6.45) is 7.65. The highest BCUT2D eigenvalue weighted by Crippen LogP contribution is 2.63. The van der Waals surface area contributed by atoms with Crippen LogP contribution in [-0.2, 0) is 4.79 Å². The minimum atomic E-state index is -0.378. The highest BCUT2D eigenvalue weighted by molar-refractivity contribution is 5.87. The quantitative estimate of drug-likeness (QED) is 0.677. The number of aliphatic hydroxyl groups excluding tert-OH is 2. The number of ketones is 1. The number of fused-ring (bicyclic) bond motifs is 5. The number of hydrogen-bond donors (Lipinski definition) is 2. The second kappa shape index (κ2) is 4.67. The maximum atomic E-state index is 12.4. The highest BCUT2D eigenvalue weighted by Gasteiger charge is 2.61. The summed E-state index contributed by atoms with van der Waals surface area (Å²) in [5.41, 5.74) is 1.09. The van der Waals surface area contributed by atoms with Crippen LogP contribution in [0.1, 0.15) is 58.8 Å². The van der Waals surface area contributed by atoms with E-state index in [1.807, 2.05) is 0 Å². The largest absolute Gasteiger partial charge is 0.393 e. The van der Waals surface area contributed by atoms with Crippen molar-refractivity contribution in [1.82, 2.24) is 0 Å². The Morgan fingerprint density at radius 2 is 1.95 bits per heavy atom. The maximum absolute atomic E-state index is 12.4. The molecule has 3 fully saturated rings. The summed E-state index contributed by atoms with van der Waals surface area (Å²) >= 11 is 0. The summed E-state index contributed by atoms with van der Waals surface area (Å²) in [6, 6.07) is 0. The average Bonchev–Trinajstić information content (AvgIpc) is 2.75. The number of aliphatic hydroxyl groups is 2. The van der Waals surface area contributed by atoms with Gasteiger partial charge in [0, 0.05) is 11.8 Å². The molecule has 0 radical (unpaired) electrons. The van der Waals surface area contributed by atoms with Gasteiger partial charge in [0.15, 0.2) is 0 Å². The predicted molar refractivity (Wildman–Crippen MR) is 84.1 cm³/mol. The van der Waals surface area contributed by atoms with Gasteiger partial charge in [0.05, 0.1) is 12.2 Å². The summed E-state index contributed by atoms with van der Waals surface area (Å²) in [5, 5.41) is 21.0. The molecule has 22 heavy (non-hydrogen) atoms. The lowest BCUT2D eigenvalue weighted by molar-refractivity contribution is -0.145. The SMILES string of the molecule is C[C@]12CCC(O)CC1=CC[C@@H]1[C@@H]2C(O)C[C@]2(C)C(=O)CC[C@@H]12. The van der Waals surface area contributed by atoms with Crippen LogP contribution < -0.4 is 0 Å². The van der Waals surface area contributed by atoms with E-state index in [0.717, 1.165) is 32.1 Å². The molecule has 4 rings (SSSR count). The molecular weight excluding hydrogens is 276 g/mol. The van der Waals surface area contributed by atoms with Crippen LogP contribution in [0.5, 0.6) is 0 Å². The van der Waals surface area contributed by atoms with E-state index in [1.165, 1.54) is 5.57 Å². The van der Waals surface area contributed by atoms with Crippen molar-refractivity contribution in [2.24, 2.45) is 28.6 Å². The number of carbonyl (C=O) groups is 1. The zero-order valence-corrected chi connectivity index (χ0v) is 13.7. The van der Waals surface area contributed by atoms with Gasteiger partial charge >= 0.3 is 0 Å². The van der Waals surface area contributed by atoms with Crippen molar-refractivity contribution in [3.05, 3.63) is 11.6 Å². The Labute approximate surface area is 132 Å². The van der Waals surface area contributed by atoms with Gasteiger partial charge in [-0.25, -0.2) is 0 Å². The van der Waals surface area contributed by atoms with E-state index in [0.29, 0.717) is 30.5 Å². The molecule has 0 heterocycles. The molecule has 3 saturated carbocycles. The van der Waals surface area contributed by atoms with Crippen molar-refractivity contribution in [1.29, 1.82) is 0 Å². The van der Waals surface area contributed by atoms with Crippen LogP contribution in [0.15, 0.2) is 11.6 Å². The molecule has 0 bridgehead atoms. The lowest BCUT2D eigenvalue weighted by Gasteiger charge is -2.58.